The number of fused-ring (bicyclic) bond motifs is 1. The van der Waals surface area contributed by atoms with Crippen LogP contribution in [-0.4, -0.2) is 52.5 Å². The maximum Gasteiger partial charge on any atom is 0.325 e. The van der Waals surface area contributed by atoms with Crippen molar-refractivity contribution in [2.24, 2.45) is 0 Å². The van der Waals surface area contributed by atoms with Gasteiger partial charge in [-0.25, -0.2) is 14.7 Å². The molecular weight excluding hydrogens is 396 g/mol. The summed E-state index contributed by atoms with van der Waals surface area (Å²) in [4.78, 5) is 33.6. The van der Waals surface area contributed by atoms with E-state index in [9.17, 15) is 9.59 Å². The lowest BCUT2D eigenvalue weighted by atomic mass is 9.98. The number of piperidine rings is 1. The zero-order valence-electron chi connectivity index (χ0n) is 16.7. The molecule has 0 bridgehead atoms. The number of rotatable bonds is 5. The zero-order chi connectivity index (χ0) is 20.5. The molecule has 3 amide bonds. The normalized spacial score (nSPS) is 20.8. The van der Waals surface area contributed by atoms with Crippen molar-refractivity contribution in [1.29, 1.82) is 0 Å². The molecule has 1 N–H and O–H groups in total. The molecule has 154 valence electrons. The minimum absolute atomic E-state index is 0.128. The molecule has 2 aromatic carbocycles. The maximum atomic E-state index is 12.8. The zero-order valence-corrected chi connectivity index (χ0v) is 17.5. The first-order valence-electron chi connectivity index (χ1n) is 10.4. The van der Waals surface area contributed by atoms with Gasteiger partial charge in [0, 0.05) is 25.4 Å². The Kier molecular flexibility index (Phi) is 5.23. The van der Waals surface area contributed by atoms with Crippen molar-refractivity contribution in [3.8, 4) is 0 Å². The molecule has 6 nitrogen and oxygen atoms in total. The van der Waals surface area contributed by atoms with E-state index in [0.717, 1.165) is 37.0 Å². The van der Waals surface area contributed by atoms with E-state index in [1.807, 2.05) is 36.4 Å². The molecule has 1 atom stereocenters. The Hall–Kier alpha value is -2.77. The van der Waals surface area contributed by atoms with Gasteiger partial charge in [0.25, 0.3) is 5.91 Å². The van der Waals surface area contributed by atoms with Crippen LogP contribution < -0.4 is 5.32 Å². The molecule has 2 fully saturated rings. The molecule has 0 radical (unpaired) electrons. The fraction of sp³-hybridized carbons (Fsp3) is 0.348. The van der Waals surface area contributed by atoms with E-state index in [-0.39, 0.29) is 11.9 Å². The number of hydrogen-bond donors (Lipinski definition) is 1. The minimum Gasteiger partial charge on any atom is -0.325 e. The number of nitrogens with zero attached hydrogens (tertiary/aromatic N) is 3. The third-order valence-corrected chi connectivity index (χ3v) is 7.18. The second-order valence-electron chi connectivity index (χ2n) is 8.01. The van der Waals surface area contributed by atoms with Crippen LogP contribution in [0.1, 0.15) is 29.3 Å². The first kappa shape index (κ1) is 19.2. The largest absolute Gasteiger partial charge is 0.325 e. The number of urea groups is 1. The predicted octanol–water partition coefficient (Wildman–Crippen LogP) is 3.60. The molecule has 0 spiro atoms. The molecule has 3 aromatic rings. The molecule has 30 heavy (non-hydrogen) atoms. The molecule has 0 saturated carbocycles. The van der Waals surface area contributed by atoms with Crippen LogP contribution in [0.3, 0.4) is 0 Å². The van der Waals surface area contributed by atoms with Crippen molar-refractivity contribution in [3.63, 3.8) is 0 Å². The summed E-state index contributed by atoms with van der Waals surface area (Å²) in [7, 11) is 0. The highest BCUT2D eigenvalue weighted by atomic mass is 32.1. The second kappa shape index (κ2) is 8.16. The number of benzene rings is 2. The summed E-state index contributed by atoms with van der Waals surface area (Å²) in [6, 6.07) is 17.3. The van der Waals surface area contributed by atoms with Crippen molar-refractivity contribution in [3.05, 3.63) is 65.2 Å². The van der Waals surface area contributed by atoms with Gasteiger partial charge in [-0.1, -0.05) is 42.5 Å². The Morgan fingerprint density at radius 1 is 1.00 bits per heavy atom. The fourth-order valence-electron chi connectivity index (χ4n) is 4.28. The predicted molar refractivity (Wildman–Crippen MR) is 117 cm³/mol. The number of carbonyl (C=O) groups excluding carboxylic acids is 2. The van der Waals surface area contributed by atoms with Crippen LogP contribution in [0.15, 0.2) is 54.6 Å². The number of imide groups is 1. The van der Waals surface area contributed by atoms with Gasteiger partial charge in [0.1, 0.15) is 6.04 Å². The lowest BCUT2D eigenvalue weighted by Crippen LogP contribution is -2.45. The quantitative estimate of drug-likeness (QED) is 0.641. The van der Waals surface area contributed by atoms with Crippen molar-refractivity contribution < 1.29 is 9.59 Å². The molecule has 2 aliphatic heterocycles. The Balaban J connectivity index is 1.18. The van der Waals surface area contributed by atoms with Crippen molar-refractivity contribution in [2.45, 2.75) is 31.2 Å². The summed E-state index contributed by atoms with van der Waals surface area (Å²) in [6.45, 7) is 2.09. The number of hydrogen-bond acceptors (Lipinski definition) is 5. The van der Waals surface area contributed by atoms with Gasteiger partial charge >= 0.3 is 6.03 Å². The summed E-state index contributed by atoms with van der Waals surface area (Å²) < 4.78 is 1.23. The van der Waals surface area contributed by atoms with Gasteiger partial charge in [-0.3, -0.25) is 9.69 Å². The molecule has 0 aliphatic carbocycles. The van der Waals surface area contributed by atoms with Gasteiger partial charge in [-0.2, -0.15) is 0 Å². The standard InChI is InChI=1S/C23H24N4O2S/c28-22-19(14-16-6-2-1-3-7-16)25-23(29)27(22)15-26-12-10-17(11-13-26)21-24-18-8-4-5-9-20(18)30-21/h1-9,17,19H,10-15H2,(H,25,29)/t19-/m1/s1. The molecule has 2 saturated heterocycles. The first-order valence-corrected chi connectivity index (χ1v) is 11.2. The number of para-hydroxylation sites is 1. The lowest BCUT2D eigenvalue weighted by molar-refractivity contribution is -0.129. The summed E-state index contributed by atoms with van der Waals surface area (Å²) in [5.41, 5.74) is 2.12. The Bertz CT molecular complexity index is 1030. The van der Waals surface area contributed by atoms with Crippen molar-refractivity contribution >= 4 is 33.5 Å². The Morgan fingerprint density at radius 3 is 2.50 bits per heavy atom. The third kappa shape index (κ3) is 3.82. The summed E-state index contributed by atoms with van der Waals surface area (Å²) in [6.07, 6.45) is 2.52. The molecule has 1 aromatic heterocycles. The molecule has 5 rings (SSSR count). The van der Waals surface area contributed by atoms with Crippen LogP contribution in [-0.2, 0) is 11.2 Å². The number of likely N-dealkylation sites (tertiary alicyclic amines) is 1. The van der Waals surface area contributed by atoms with Gasteiger partial charge < -0.3 is 5.32 Å². The highest BCUT2D eigenvalue weighted by Crippen LogP contribution is 2.33. The molecular formula is C23H24N4O2S. The lowest BCUT2D eigenvalue weighted by Gasteiger charge is -2.32. The summed E-state index contributed by atoms with van der Waals surface area (Å²) in [5, 5.41) is 4.05. The van der Waals surface area contributed by atoms with E-state index >= 15 is 0 Å². The van der Waals surface area contributed by atoms with Crippen LogP contribution in [0.5, 0.6) is 0 Å². The van der Waals surface area contributed by atoms with E-state index in [0.29, 0.717) is 19.0 Å². The van der Waals surface area contributed by atoms with Crippen molar-refractivity contribution in [1.82, 2.24) is 20.1 Å². The average Bonchev–Trinajstić information content (AvgIpc) is 3.32. The van der Waals surface area contributed by atoms with Crippen LogP contribution in [0.4, 0.5) is 4.79 Å². The van der Waals surface area contributed by atoms with Crippen LogP contribution in [0.25, 0.3) is 10.2 Å². The van der Waals surface area contributed by atoms with Crippen LogP contribution in [0.2, 0.25) is 0 Å². The second-order valence-corrected chi connectivity index (χ2v) is 9.07. The molecule has 3 heterocycles. The number of thiazole rings is 1. The smallest absolute Gasteiger partial charge is 0.325 e. The van der Waals surface area contributed by atoms with E-state index in [4.69, 9.17) is 4.98 Å². The van der Waals surface area contributed by atoms with Gasteiger partial charge in [0.2, 0.25) is 0 Å². The van der Waals surface area contributed by atoms with E-state index in [2.05, 4.69) is 28.4 Å². The molecule has 2 aliphatic rings. The summed E-state index contributed by atoms with van der Waals surface area (Å²) >= 11 is 1.78. The topological polar surface area (TPSA) is 65.5 Å². The number of amides is 3. The van der Waals surface area contributed by atoms with Gasteiger partial charge in [-0.15, -0.1) is 11.3 Å². The van der Waals surface area contributed by atoms with Gasteiger partial charge in [-0.05, 0) is 30.5 Å². The minimum atomic E-state index is -0.472. The highest BCUT2D eigenvalue weighted by Gasteiger charge is 2.39. The van der Waals surface area contributed by atoms with Crippen LogP contribution in [0, 0.1) is 0 Å². The van der Waals surface area contributed by atoms with E-state index in [1.165, 1.54) is 14.6 Å². The third-order valence-electron chi connectivity index (χ3n) is 5.98. The van der Waals surface area contributed by atoms with E-state index < -0.39 is 6.04 Å². The number of carbonyl (C=O) groups is 2. The molecule has 0 unspecified atom stereocenters. The van der Waals surface area contributed by atoms with E-state index in [1.54, 1.807) is 11.3 Å². The number of aromatic nitrogens is 1. The first-order chi connectivity index (χ1) is 14.7. The average molecular weight is 421 g/mol. The van der Waals surface area contributed by atoms with Gasteiger partial charge in [0.15, 0.2) is 0 Å². The number of nitrogens with one attached hydrogen (secondary N) is 1. The molecule has 7 heteroatoms. The Labute approximate surface area is 179 Å². The SMILES string of the molecule is O=C1N[C@H](Cc2ccccc2)C(=O)N1CN1CCC(c2nc3ccccc3s2)CC1. The maximum absolute atomic E-state index is 12.8. The van der Waals surface area contributed by atoms with Gasteiger partial charge in [0.05, 0.1) is 21.9 Å². The fourth-order valence-corrected chi connectivity index (χ4v) is 5.42. The summed E-state index contributed by atoms with van der Waals surface area (Å²) in [5.74, 6) is 0.324. The monoisotopic (exact) mass is 420 g/mol. The highest BCUT2D eigenvalue weighted by molar-refractivity contribution is 7.18. The van der Waals surface area contributed by atoms with Crippen molar-refractivity contribution in [2.75, 3.05) is 19.8 Å². The Morgan fingerprint density at radius 2 is 1.73 bits per heavy atom. The van der Waals surface area contributed by atoms with Crippen LogP contribution >= 0.6 is 11.3 Å².